The molecule has 0 aromatic carbocycles. The molecule has 0 amide bonds. The van der Waals surface area contributed by atoms with Crippen LogP contribution in [0.5, 0.6) is 0 Å². The first-order valence-corrected chi connectivity index (χ1v) is 7.98. The van der Waals surface area contributed by atoms with Crippen LogP contribution in [0, 0.1) is 0 Å². The van der Waals surface area contributed by atoms with Gasteiger partial charge in [-0.3, -0.25) is 0 Å². The second kappa shape index (κ2) is 7.81. The molecule has 80 valence electrons. The van der Waals surface area contributed by atoms with Crippen LogP contribution in [0.3, 0.4) is 0 Å². The molecule has 0 heterocycles. The van der Waals surface area contributed by atoms with Gasteiger partial charge in [0.25, 0.3) is 0 Å². The summed E-state index contributed by atoms with van der Waals surface area (Å²) in [6.45, 7) is 7.90. The van der Waals surface area contributed by atoms with E-state index in [-0.39, 0.29) is 0 Å². The number of rotatable bonds is 8. The summed E-state index contributed by atoms with van der Waals surface area (Å²) in [7, 11) is -2.33. The van der Waals surface area contributed by atoms with Gasteiger partial charge in [0.2, 0.25) is 0 Å². The summed E-state index contributed by atoms with van der Waals surface area (Å²) in [5.74, 6) is 0. The van der Waals surface area contributed by atoms with E-state index in [0.29, 0.717) is 19.8 Å². The molecule has 0 N–H and O–H groups in total. The lowest BCUT2D eigenvalue weighted by Gasteiger charge is -2.27. The van der Waals surface area contributed by atoms with Crippen molar-refractivity contribution in [2.75, 3.05) is 31.5 Å². The highest BCUT2D eigenvalue weighted by Gasteiger charge is 2.39. The molecule has 0 aromatic rings. The smallest absolute Gasteiger partial charge is 0.373 e. The van der Waals surface area contributed by atoms with Crippen molar-refractivity contribution in [1.82, 2.24) is 0 Å². The van der Waals surface area contributed by atoms with E-state index in [2.05, 4.69) is 0 Å². The summed E-state index contributed by atoms with van der Waals surface area (Å²) >= 11 is 1.72. The van der Waals surface area contributed by atoms with Gasteiger partial charge in [-0.25, -0.2) is 0 Å². The van der Waals surface area contributed by atoms with Gasteiger partial charge >= 0.3 is 8.80 Å². The van der Waals surface area contributed by atoms with Crippen molar-refractivity contribution in [1.29, 1.82) is 0 Å². The fraction of sp³-hybridized carbons (Fsp3) is 1.00. The molecule has 3 nitrogen and oxygen atoms in total. The van der Waals surface area contributed by atoms with Crippen molar-refractivity contribution in [3.05, 3.63) is 0 Å². The molecule has 0 radical (unpaired) electrons. The normalized spacial score (nSPS) is 12.0. The SMILES string of the molecule is CCO[Si](CSC)(OCC)OCC. The maximum atomic E-state index is 5.62. The van der Waals surface area contributed by atoms with Crippen LogP contribution in [0.15, 0.2) is 0 Å². The largest absolute Gasteiger partial charge is 0.511 e. The van der Waals surface area contributed by atoms with Gasteiger partial charge in [-0.1, -0.05) is 0 Å². The predicted molar refractivity (Wildman–Crippen MR) is 59.0 cm³/mol. The fourth-order valence-electron chi connectivity index (χ4n) is 1.09. The molecule has 0 bridgehead atoms. The molecular formula is C8H20O3SSi. The molecule has 0 saturated carbocycles. The zero-order chi connectivity index (χ0) is 10.2. The van der Waals surface area contributed by atoms with E-state index in [1.165, 1.54) is 0 Å². The molecule has 0 saturated heterocycles. The third-order valence-electron chi connectivity index (χ3n) is 1.41. The van der Waals surface area contributed by atoms with Crippen LogP contribution in [0.25, 0.3) is 0 Å². The van der Waals surface area contributed by atoms with Gasteiger partial charge in [0.15, 0.2) is 0 Å². The Morgan fingerprint density at radius 2 is 1.31 bits per heavy atom. The van der Waals surface area contributed by atoms with Gasteiger partial charge in [0.1, 0.15) is 0 Å². The van der Waals surface area contributed by atoms with Gasteiger partial charge in [-0.05, 0) is 27.0 Å². The van der Waals surface area contributed by atoms with E-state index in [1.807, 2.05) is 27.0 Å². The topological polar surface area (TPSA) is 27.7 Å². The summed E-state index contributed by atoms with van der Waals surface area (Å²) in [6.07, 6.45) is 2.04. The maximum Gasteiger partial charge on any atom is 0.511 e. The lowest BCUT2D eigenvalue weighted by atomic mass is 10.9. The van der Waals surface area contributed by atoms with Crippen molar-refractivity contribution >= 4 is 20.6 Å². The van der Waals surface area contributed by atoms with Gasteiger partial charge in [-0.15, -0.1) is 0 Å². The van der Waals surface area contributed by atoms with Crippen molar-refractivity contribution < 1.29 is 13.3 Å². The molecule has 0 aliphatic rings. The van der Waals surface area contributed by atoms with Crippen LogP contribution >= 0.6 is 11.8 Å². The van der Waals surface area contributed by atoms with Crippen molar-refractivity contribution in [3.63, 3.8) is 0 Å². The minimum absolute atomic E-state index is 0.660. The van der Waals surface area contributed by atoms with Crippen molar-refractivity contribution in [2.24, 2.45) is 0 Å². The van der Waals surface area contributed by atoms with Crippen LogP contribution in [0.1, 0.15) is 20.8 Å². The summed E-state index contributed by atoms with van der Waals surface area (Å²) < 4.78 is 16.9. The van der Waals surface area contributed by atoms with Gasteiger partial charge in [-0.2, -0.15) is 11.8 Å². The standard InChI is InChI=1S/C8H20O3SSi/c1-5-9-13(8-12-4,10-6-2)11-7-3/h5-8H2,1-4H3. The van der Waals surface area contributed by atoms with Crippen molar-refractivity contribution in [2.45, 2.75) is 20.8 Å². The average Bonchev–Trinajstić information content (AvgIpc) is 2.06. The van der Waals surface area contributed by atoms with Crippen LogP contribution in [-0.4, -0.2) is 40.3 Å². The molecule has 13 heavy (non-hydrogen) atoms. The summed E-state index contributed by atoms with van der Waals surface area (Å²) in [5, 5.41) is 0.836. The second-order valence-electron chi connectivity index (χ2n) is 2.42. The lowest BCUT2D eigenvalue weighted by Crippen LogP contribution is -2.49. The highest BCUT2D eigenvalue weighted by atomic mass is 32.2. The lowest BCUT2D eigenvalue weighted by molar-refractivity contribution is 0.0773. The molecule has 0 unspecified atom stereocenters. The number of thioether (sulfide) groups is 1. The van der Waals surface area contributed by atoms with Crippen molar-refractivity contribution in [3.8, 4) is 0 Å². The van der Waals surface area contributed by atoms with Crippen LogP contribution in [0.4, 0.5) is 0 Å². The summed E-state index contributed by atoms with van der Waals surface area (Å²) in [5.41, 5.74) is 0. The molecule has 0 rings (SSSR count). The molecule has 0 aromatic heterocycles. The Morgan fingerprint density at radius 3 is 1.54 bits per heavy atom. The average molecular weight is 224 g/mol. The van der Waals surface area contributed by atoms with E-state index in [0.717, 1.165) is 5.38 Å². The van der Waals surface area contributed by atoms with Gasteiger partial charge in [0.05, 0.1) is 5.38 Å². The Labute approximate surface area is 86.5 Å². The molecule has 5 heteroatoms. The minimum Gasteiger partial charge on any atom is -0.373 e. The summed E-state index contributed by atoms with van der Waals surface area (Å²) in [6, 6.07) is 0. The Morgan fingerprint density at radius 1 is 0.923 bits per heavy atom. The molecule has 0 atom stereocenters. The maximum absolute atomic E-state index is 5.62. The Hall–Kier alpha value is 0.447. The molecule has 0 spiro atoms. The van der Waals surface area contributed by atoms with Crippen LogP contribution in [0.2, 0.25) is 0 Å². The Bertz CT molecular complexity index is 94.4. The highest BCUT2D eigenvalue weighted by Crippen LogP contribution is 2.14. The first-order valence-electron chi connectivity index (χ1n) is 4.65. The second-order valence-corrected chi connectivity index (χ2v) is 6.38. The van der Waals surface area contributed by atoms with E-state index < -0.39 is 8.80 Å². The molecule has 0 fully saturated rings. The predicted octanol–water partition coefficient (Wildman–Crippen LogP) is 1.94. The Balaban J connectivity index is 4.19. The number of hydrogen-bond donors (Lipinski definition) is 0. The third kappa shape index (κ3) is 5.02. The fourth-order valence-corrected chi connectivity index (χ4v) is 5.07. The quantitative estimate of drug-likeness (QED) is 0.589. The zero-order valence-electron chi connectivity index (χ0n) is 8.96. The molecule has 0 aliphatic carbocycles. The zero-order valence-corrected chi connectivity index (χ0v) is 10.8. The third-order valence-corrected chi connectivity index (χ3v) is 6.17. The number of hydrogen-bond acceptors (Lipinski definition) is 4. The first kappa shape index (κ1) is 13.4. The van der Waals surface area contributed by atoms with Gasteiger partial charge in [0, 0.05) is 19.8 Å². The molecule has 0 aliphatic heterocycles. The van der Waals surface area contributed by atoms with E-state index >= 15 is 0 Å². The van der Waals surface area contributed by atoms with Crippen LogP contribution < -0.4 is 0 Å². The van der Waals surface area contributed by atoms with E-state index in [1.54, 1.807) is 11.8 Å². The highest BCUT2D eigenvalue weighted by molar-refractivity contribution is 8.00. The van der Waals surface area contributed by atoms with E-state index in [9.17, 15) is 0 Å². The molecular weight excluding hydrogens is 204 g/mol. The van der Waals surface area contributed by atoms with E-state index in [4.69, 9.17) is 13.3 Å². The van der Waals surface area contributed by atoms with Gasteiger partial charge < -0.3 is 13.3 Å². The minimum atomic E-state index is -2.33. The first-order chi connectivity index (χ1) is 6.24. The Kier molecular flexibility index (Phi) is 8.08. The monoisotopic (exact) mass is 224 g/mol. The summed E-state index contributed by atoms with van der Waals surface area (Å²) in [4.78, 5) is 0. The van der Waals surface area contributed by atoms with Crippen LogP contribution in [-0.2, 0) is 13.3 Å².